The Hall–Kier alpha value is -3.07. The molecule has 8 nitrogen and oxygen atoms in total. The number of amides is 2. The molecule has 0 saturated carbocycles. The number of rotatable bonds is 4. The van der Waals surface area contributed by atoms with Crippen LogP contribution in [-0.4, -0.2) is 35.6 Å². The number of ether oxygens (including phenoxy) is 1. The van der Waals surface area contributed by atoms with Crippen molar-refractivity contribution in [3.8, 4) is 0 Å². The number of hydrogen-bond acceptors (Lipinski definition) is 6. The van der Waals surface area contributed by atoms with Gasteiger partial charge in [0.15, 0.2) is 0 Å². The second-order valence-corrected chi connectivity index (χ2v) is 8.48. The second kappa shape index (κ2) is 8.12. The van der Waals surface area contributed by atoms with Gasteiger partial charge in [-0.3, -0.25) is 14.9 Å². The molecule has 0 spiro atoms. The maximum absolute atomic E-state index is 13.2. The molecule has 0 atom stereocenters. The Morgan fingerprint density at radius 2 is 1.93 bits per heavy atom. The molecule has 1 aliphatic rings. The van der Waals surface area contributed by atoms with Crippen molar-refractivity contribution in [2.24, 2.45) is 0 Å². The number of benzene rings is 2. The predicted octanol–water partition coefficient (Wildman–Crippen LogP) is 4.23. The van der Waals surface area contributed by atoms with Gasteiger partial charge in [-0.05, 0) is 39.0 Å². The van der Waals surface area contributed by atoms with Crippen molar-refractivity contribution in [3.63, 3.8) is 0 Å². The molecule has 29 heavy (non-hydrogen) atoms. The standard InChI is InChI=1S/C20H21N3O5S/c1-20(2,3)28-19(25)21-10-11-22-15-9-8-13(23(26)27)12-17(15)29-16-7-5-4-6-14(16)18(22)24/h4-9,12H,10-11H2,1-3H3,(H,21,25). The highest BCUT2D eigenvalue weighted by Gasteiger charge is 2.28. The SMILES string of the molecule is CC(C)(C)OC(=O)NCCN1C(=O)c2ccccc2Sc2cc([N+](=O)[O-])ccc21. The third-order valence-electron chi connectivity index (χ3n) is 4.03. The van der Waals surface area contributed by atoms with E-state index in [1.165, 1.54) is 28.8 Å². The van der Waals surface area contributed by atoms with E-state index in [0.717, 1.165) is 4.90 Å². The van der Waals surface area contributed by atoms with Crippen LogP contribution in [0.25, 0.3) is 0 Å². The molecule has 0 radical (unpaired) electrons. The summed E-state index contributed by atoms with van der Waals surface area (Å²) in [7, 11) is 0. The molecule has 9 heteroatoms. The smallest absolute Gasteiger partial charge is 0.407 e. The van der Waals surface area contributed by atoms with Gasteiger partial charge in [-0.2, -0.15) is 0 Å². The average molecular weight is 415 g/mol. The molecule has 0 aromatic heterocycles. The van der Waals surface area contributed by atoms with Crippen molar-refractivity contribution < 1.29 is 19.2 Å². The van der Waals surface area contributed by atoms with Gasteiger partial charge in [0.2, 0.25) is 0 Å². The van der Waals surface area contributed by atoms with E-state index in [4.69, 9.17) is 4.74 Å². The first-order valence-corrected chi connectivity index (χ1v) is 9.81. The average Bonchev–Trinajstić information content (AvgIpc) is 2.75. The summed E-state index contributed by atoms with van der Waals surface area (Å²) in [5.41, 5.74) is 0.403. The summed E-state index contributed by atoms with van der Waals surface area (Å²) in [5.74, 6) is -0.230. The van der Waals surface area contributed by atoms with Crippen molar-refractivity contribution in [3.05, 3.63) is 58.1 Å². The largest absolute Gasteiger partial charge is 0.444 e. The number of alkyl carbamates (subject to hydrolysis) is 1. The van der Waals surface area contributed by atoms with Crippen LogP contribution in [0.3, 0.4) is 0 Å². The number of non-ortho nitro benzene ring substituents is 1. The number of nitrogens with zero attached hydrogens (tertiary/aromatic N) is 2. The van der Waals surface area contributed by atoms with Crippen molar-refractivity contribution in [2.45, 2.75) is 36.2 Å². The van der Waals surface area contributed by atoms with Gasteiger partial charge < -0.3 is 15.0 Å². The summed E-state index contributed by atoms with van der Waals surface area (Å²) >= 11 is 1.31. The molecule has 1 heterocycles. The molecular formula is C20H21N3O5S. The van der Waals surface area contributed by atoms with E-state index in [0.29, 0.717) is 16.1 Å². The Labute approximate surface area is 172 Å². The van der Waals surface area contributed by atoms with E-state index in [2.05, 4.69) is 5.32 Å². The van der Waals surface area contributed by atoms with Crippen LogP contribution in [0.5, 0.6) is 0 Å². The van der Waals surface area contributed by atoms with E-state index < -0.39 is 16.6 Å². The highest BCUT2D eigenvalue weighted by atomic mass is 32.2. The number of carbonyl (C=O) groups excluding carboxylic acids is 2. The first-order valence-electron chi connectivity index (χ1n) is 9.00. The normalized spacial score (nSPS) is 13.2. The molecule has 152 valence electrons. The number of nitro benzene ring substituents is 1. The number of anilines is 1. The molecule has 0 unspecified atom stereocenters. The molecule has 0 aliphatic carbocycles. The minimum atomic E-state index is -0.621. The number of hydrogen-bond donors (Lipinski definition) is 1. The van der Waals surface area contributed by atoms with Crippen LogP contribution in [0.4, 0.5) is 16.2 Å². The van der Waals surface area contributed by atoms with E-state index in [-0.39, 0.29) is 24.7 Å². The van der Waals surface area contributed by atoms with Crippen LogP contribution in [0.15, 0.2) is 52.3 Å². The summed E-state index contributed by atoms with van der Waals surface area (Å²) in [6.45, 7) is 5.66. The van der Waals surface area contributed by atoms with Crippen molar-refractivity contribution >= 4 is 35.1 Å². The Morgan fingerprint density at radius 3 is 2.62 bits per heavy atom. The van der Waals surface area contributed by atoms with Gasteiger partial charge in [0, 0.05) is 35.0 Å². The monoisotopic (exact) mass is 415 g/mol. The quantitative estimate of drug-likeness (QED) is 0.592. The van der Waals surface area contributed by atoms with Gasteiger partial charge in [0.1, 0.15) is 5.60 Å². The van der Waals surface area contributed by atoms with Crippen LogP contribution in [0, 0.1) is 10.1 Å². The summed E-state index contributed by atoms with van der Waals surface area (Å²) in [4.78, 5) is 38.6. The van der Waals surface area contributed by atoms with E-state index in [1.54, 1.807) is 39.0 Å². The summed E-state index contributed by atoms with van der Waals surface area (Å²) < 4.78 is 5.21. The van der Waals surface area contributed by atoms with Gasteiger partial charge in [0.05, 0.1) is 16.2 Å². The first-order chi connectivity index (χ1) is 13.7. The third kappa shape index (κ3) is 4.86. The molecule has 0 bridgehead atoms. The fraction of sp³-hybridized carbons (Fsp3) is 0.300. The van der Waals surface area contributed by atoms with Gasteiger partial charge >= 0.3 is 6.09 Å². The Bertz CT molecular complexity index is 971. The van der Waals surface area contributed by atoms with E-state index >= 15 is 0 Å². The highest BCUT2D eigenvalue weighted by molar-refractivity contribution is 7.99. The zero-order chi connectivity index (χ0) is 21.2. The molecular weight excluding hydrogens is 394 g/mol. The maximum atomic E-state index is 13.2. The van der Waals surface area contributed by atoms with Crippen LogP contribution in [0.1, 0.15) is 31.1 Å². The fourth-order valence-corrected chi connectivity index (χ4v) is 3.94. The lowest BCUT2D eigenvalue weighted by atomic mass is 10.1. The Morgan fingerprint density at radius 1 is 1.21 bits per heavy atom. The number of fused-ring (bicyclic) bond motifs is 2. The van der Waals surface area contributed by atoms with Gasteiger partial charge in [0.25, 0.3) is 11.6 Å². The molecule has 2 aromatic carbocycles. The van der Waals surface area contributed by atoms with Crippen LogP contribution < -0.4 is 10.2 Å². The Kier molecular flexibility index (Phi) is 5.78. The number of nitrogens with one attached hydrogen (secondary N) is 1. The molecule has 0 fully saturated rings. The van der Waals surface area contributed by atoms with Crippen LogP contribution in [-0.2, 0) is 4.74 Å². The lowest BCUT2D eigenvalue weighted by molar-refractivity contribution is -0.385. The first kappa shape index (κ1) is 20.7. The lowest BCUT2D eigenvalue weighted by Crippen LogP contribution is -2.40. The van der Waals surface area contributed by atoms with Crippen LogP contribution in [0.2, 0.25) is 0 Å². The summed E-state index contributed by atoms with van der Waals surface area (Å²) in [5, 5.41) is 13.8. The topological polar surface area (TPSA) is 102 Å². The van der Waals surface area contributed by atoms with Gasteiger partial charge in [-0.15, -0.1) is 0 Å². The minimum Gasteiger partial charge on any atom is -0.444 e. The van der Waals surface area contributed by atoms with Crippen LogP contribution >= 0.6 is 11.8 Å². The summed E-state index contributed by atoms with van der Waals surface area (Å²) in [6, 6.07) is 11.5. The maximum Gasteiger partial charge on any atom is 0.407 e. The molecule has 2 aromatic rings. The Balaban J connectivity index is 1.88. The zero-order valence-corrected chi connectivity index (χ0v) is 17.1. The van der Waals surface area contributed by atoms with E-state index in [9.17, 15) is 19.7 Å². The summed E-state index contributed by atoms with van der Waals surface area (Å²) in [6.07, 6.45) is -0.571. The fourth-order valence-electron chi connectivity index (χ4n) is 2.83. The highest BCUT2D eigenvalue weighted by Crippen LogP contribution is 2.42. The third-order valence-corrected chi connectivity index (χ3v) is 5.15. The van der Waals surface area contributed by atoms with Crippen molar-refractivity contribution in [1.82, 2.24) is 5.32 Å². The van der Waals surface area contributed by atoms with Gasteiger partial charge in [-0.1, -0.05) is 23.9 Å². The molecule has 1 aliphatic heterocycles. The lowest BCUT2D eigenvalue weighted by Gasteiger charge is -2.24. The molecule has 2 amide bonds. The predicted molar refractivity (Wildman–Crippen MR) is 110 cm³/mol. The minimum absolute atomic E-state index is 0.0464. The van der Waals surface area contributed by atoms with Crippen molar-refractivity contribution in [2.75, 3.05) is 18.0 Å². The molecule has 0 saturated heterocycles. The number of nitro groups is 1. The second-order valence-electron chi connectivity index (χ2n) is 7.39. The number of carbonyl (C=O) groups is 2. The zero-order valence-electron chi connectivity index (χ0n) is 16.3. The molecule has 3 rings (SSSR count). The van der Waals surface area contributed by atoms with Gasteiger partial charge in [-0.25, -0.2) is 4.79 Å². The molecule has 1 N–H and O–H groups in total. The van der Waals surface area contributed by atoms with Crippen molar-refractivity contribution in [1.29, 1.82) is 0 Å². The van der Waals surface area contributed by atoms with E-state index in [1.807, 2.05) is 12.1 Å².